The first-order chi connectivity index (χ1) is 9.43. The zero-order valence-corrected chi connectivity index (χ0v) is 12.3. The predicted octanol–water partition coefficient (Wildman–Crippen LogP) is 2.09. The standard InChI is InChI=1S/C15H22N2O3/c1-11-8-13(20-3)9-12(16-11)10-17-6-4-15(2,5-7-17)14(18)19/h8-9H,4-7,10H2,1-3H3,(H,18,19). The van der Waals surface area contributed by atoms with Gasteiger partial charge in [-0.25, -0.2) is 0 Å². The highest BCUT2D eigenvalue weighted by Gasteiger charge is 2.36. The zero-order chi connectivity index (χ0) is 14.8. The van der Waals surface area contributed by atoms with E-state index in [9.17, 15) is 9.90 Å². The molecule has 0 atom stereocenters. The number of carboxylic acid groups (broad SMARTS) is 1. The maximum Gasteiger partial charge on any atom is 0.309 e. The lowest BCUT2D eigenvalue weighted by atomic mass is 9.80. The highest BCUT2D eigenvalue weighted by molar-refractivity contribution is 5.74. The van der Waals surface area contributed by atoms with Crippen molar-refractivity contribution in [1.82, 2.24) is 9.88 Å². The van der Waals surface area contributed by atoms with Crippen molar-refractivity contribution in [2.45, 2.75) is 33.2 Å². The fraction of sp³-hybridized carbons (Fsp3) is 0.600. The fourth-order valence-corrected chi connectivity index (χ4v) is 2.55. The molecule has 0 aliphatic carbocycles. The van der Waals surface area contributed by atoms with Gasteiger partial charge in [0.25, 0.3) is 0 Å². The summed E-state index contributed by atoms with van der Waals surface area (Å²) in [4.78, 5) is 18.0. The second kappa shape index (κ2) is 5.79. The van der Waals surface area contributed by atoms with E-state index in [2.05, 4.69) is 9.88 Å². The van der Waals surface area contributed by atoms with Crippen LogP contribution in [0, 0.1) is 12.3 Å². The topological polar surface area (TPSA) is 62.7 Å². The molecule has 1 aromatic rings. The number of likely N-dealkylation sites (tertiary alicyclic amines) is 1. The maximum absolute atomic E-state index is 11.2. The van der Waals surface area contributed by atoms with Crippen LogP contribution in [0.25, 0.3) is 0 Å². The third kappa shape index (κ3) is 3.28. The molecular formula is C15H22N2O3. The van der Waals surface area contributed by atoms with Gasteiger partial charge >= 0.3 is 5.97 Å². The number of rotatable bonds is 4. The number of hydrogen-bond donors (Lipinski definition) is 1. The average molecular weight is 278 g/mol. The zero-order valence-electron chi connectivity index (χ0n) is 12.3. The number of aryl methyl sites for hydroxylation is 1. The van der Waals surface area contributed by atoms with Gasteiger partial charge in [0.1, 0.15) is 5.75 Å². The monoisotopic (exact) mass is 278 g/mol. The van der Waals surface area contributed by atoms with E-state index in [1.165, 1.54) is 0 Å². The quantitative estimate of drug-likeness (QED) is 0.913. The molecule has 0 amide bonds. The van der Waals surface area contributed by atoms with Crippen LogP contribution in [0.3, 0.4) is 0 Å². The van der Waals surface area contributed by atoms with E-state index in [0.717, 1.165) is 36.8 Å². The number of hydrogen-bond acceptors (Lipinski definition) is 4. The highest BCUT2D eigenvalue weighted by atomic mass is 16.5. The number of piperidine rings is 1. The van der Waals surface area contributed by atoms with Crippen molar-refractivity contribution in [2.24, 2.45) is 5.41 Å². The largest absolute Gasteiger partial charge is 0.497 e. The third-order valence-electron chi connectivity index (χ3n) is 4.08. The molecule has 1 saturated heterocycles. The molecule has 1 aliphatic heterocycles. The summed E-state index contributed by atoms with van der Waals surface area (Å²) >= 11 is 0. The van der Waals surface area contributed by atoms with Crippen molar-refractivity contribution >= 4 is 5.97 Å². The molecule has 0 aromatic carbocycles. The van der Waals surface area contributed by atoms with Crippen molar-refractivity contribution in [3.05, 3.63) is 23.5 Å². The summed E-state index contributed by atoms with van der Waals surface area (Å²) in [5.41, 5.74) is 1.33. The fourth-order valence-electron chi connectivity index (χ4n) is 2.55. The van der Waals surface area contributed by atoms with Crippen molar-refractivity contribution in [3.8, 4) is 5.75 Å². The minimum Gasteiger partial charge on any atom is -0.497 e. The molecule has 0 unspecified atom stereocenters. The Morgan fingerprint density at radius 1 is 1.45 bits per heavy atom. The van der Waals surface area contributed by atoms with Crippen LogP contribution in [-0.2, 0) is 11.3 Å². The Hall–Kier alpha value is -1.62. The summed E-state index contributed by atoms with van der Waals surface area (Å²) in [5, 5.41) is 9.23. The van der Waals surface area contributed by atoms with Gasteiger partial charge in [-0.05, 0) is 39.8 Å². The van der Waals surface area contributed by atoms with Gasteiger partial charge in [-0.1, -0.05) is 0 Å². The summed E-state index contributed by atoms with van der Waals surface area (Å²) in [5.74, 6) is 0.132. The van der Waals surface area contributed by atoms with Gasteiger partial charge < -0.3 is 9.84 Å². The summed E-state index contributed by atoms with van der Waals surface area (Å²) in [6, 6.07) is 3.85. The van der Waals surface area contributed by atoms with E-state index >= 15 is 0 Å². The summed E-state index contributed by atoms with van der Waals surface area (Å²) in [6.07, 6.45) is 1.37. The summed E-state index contributed by atoms with van der Waals surface area (Å²) in [6.45, 7) is 6.11. The van der Waals surface area contributed by atoms with Gasteiger partial charge in [-0.15, -0.1) is 0 Å². The normalized spacial score (nSPS) is 18.8. The second-order valence-corrected chi connectivity index (χ2v) is 5.78. The van der Waals surface area contributed by atoms with Crippen LogP contribution in [-0.4, -0.2) is 41.2 Å². The Bertz CT molecular complexity index is 494. The summed E-state index contributed by atoms with van der Waals surface area (Å²) in [7, 11) is 1.65. The lowest BCUT2D eigenvalue weighted by molar-refractivity contribution is -0.150. The molecule has 110 valence electrons. The van der Waals surface area contributed by atoms with Gasteiger partial charge in [-0.3, -0.25) is 14.7 Å². The van der Waals surface area contributed by atoms with E-state index in [0.29, 0.717) is 12.8 Å². The van der Waals surface area contributed by atoms with Crippen molar-refractivity contribution in [3.63, 3.8) is 0 Å². The third-order valence-corrected chi connectivity index (χ3v) is 4.08. The van der Waals surface area contributed by atoms with Gasteiger partial charge in [0, 0.05) is 24.4 Å². The van der Waals surface area contributed by atoms with Crippen LogP contribution in [0.1, 0.15) is 31.2 Å². The van der Waals surface area contributed by atoms with Crippen LogP contribution in [0.2, 0.25) is 0 Å². The number of pyridine rings is 1. The maximum atomic E-state index is 11.2. The van der Waals surface area contributed by atoms with Gasteiger partial charge in [0.05, 0.1) is 18.2 Å². The molecule has 5 nitrogen and oxygen atoms in total. The molecule has 0 bridgehead atoms. The first-order valence-corrected chi connectivity index (χ1v) is 6.90. The molecule has 1 aromatic heterocycles. The predicted molar refractivity (Wildman–Crippen MR) is 75.8 cm³/mol. The molecule has 2 rings (SSSR count). The Balaban J connectivity index is 1.99. The van der Waals surface area contributed by atoms with E-state index in [-0.39, 0.29) is 0 Å². The van der Waals surface area contributed by atoms with Crippen molar-refractivity contribution < 1.29 is 14.6 Å². The Labute approximate surface area is 119 Å². The minimum absolute atomic E-state index is 0.575. The lowest BCUT2D eigenvalue weighted by Crippen LogP contribution is -2.42. The molecule has 2 heterocycles. The molecule has 1 fully saturated rings. The van der Waals surface area contributed by atoms with Crippen LogP contribution in [0.4, 0.5) is 0 Å². The molecule has 1 aliphatic rings. The molecule has 0 saturated carbocycles. The van der Waals surface area contributed by atoms with Crippen LogP contribution in [0.15, 0.2) is 12.1 Å². The van der Waals surface area contributed by atoms with Crippen LogP contribution < -0.4 is 4.74 Å². The number of methoxy groups -OCH3 is 1. The number of ether oxygens (including phenoxy) is 1. The lowest BCUT2D eigenvalue weighted by Gasteiger charge is -2.36. The first kappa shape index (κ1) is 14.8. The number of carboxylic acids is 1. The molecule has 1 N–H and O–H groups in total. The Morgan fingerprint density at radius 3 is 2.65 bits per heavy atom. The highest BCUT2D eigenvalue weighted by Crippen LogP contribution is 2.31. The molecular weight excluding hydrogens is 256 g/mol. The van der Waals surface area contributed by atoms with E-state index in [4.69, 9.17) is 4.74 Å². The number of aromatic nitrogens is 1. The van der Waals surface area contributed by atoms with E-state index in [1.807, 2.05) is 26.0 Å². The first-order valence-electron chi connectivity index (χ1n) is 6.90. The Kier molecular flexibility index (Phi) is 4.28. The molecule has 5 heteroatoms. The minimum atomic E-state index is -0.688. The molecule has 0 radical (unpaired) electrons. The van der Waals surface area contributed by atoms with Gasteiger partial charge in [-0.2, -0.15) is 0 Å². The van der Waals surface area contributed by atoms with E-state index < -0.39 is 11.4 Å². The SMILES string of the molecule is COc1cc(C)nc(CN2CCC(C)(C(=O)O)CC2)c1. The van der Waals surface area contributed by atoms with Crippen molar-refractivity contribution in [1.29, 1.82) is 0 Å². The average Bonchev–Trinajstić information content (AvgIpc) is 2.40. The number of nitrogens with zero attached hydrogens (tertiary/aromatic N) is 2. The van der Waals surface area contributed by atoms with Crippen molar-refractivity contribution in [2.75, 3.05) is 20.2 Å². The van der Waals surface area contributed by atoms with Crippen LogP contribution in [0.5, 0.6) is 5.75 Å². The number of aliphatic carboxylic acids is 1. The van der Waals surface area contributed by atoms with Gasteiger partial charge in [0.2, 0.25) is 0 Å². The molecule has 0 spiro atoms. The Morgan fingerprint density at radius 2 is 2.10 bits per heavy atom. The van der Waals surface area contributed by atoms with Gasteiger partial charge in [0.15, 0.2) is 0 Å². The second-order valence-electron chi connectivity index (χ2n) is 5.78. The summed E-state index contributed by atoms with van der Waals surface area (Å²) < 4.78 is 5.25. The van der Waals surface area contributed by atoms with E-state index in [1.54, 1.807) is 7.11 Å². The smallest absolute Gasteiger partial charge is 0.309 e. The number of carbonyl (C=O) groups is 1. The van der Waals surface area contributed by atoms with Crippen LogP contribution >= 0.6 is 0 Å². The molecule has 20 heavy (non-hydrogen) atoms.